The third-order valence-electron chi connectivity index (χ3n) is 6.21. The minimum absolute atomic E-state index is 0.0408. The van der Waals surface area contributed by atoms with E-state index in [4.69, 9.17) is 0 Å². The van der Waals surface area contributed by atoms with Gasteiger partial charge in [-0.25, -0.2) is 0 Å². The molecule has 4 nitrogen and oxygen atoms in total. The van der Waals surface area contributed by atoms with Gasteiger partial charge in [0.05, 0.1) is 12.5 Å². The highest BCUT2D eigenvalue weighted by Gasteiger charge is 2.38. The molecule has 0 bridgehead atoms. The first-order valence-electron chi connectivity index (χ1n) is 10.9. The SMILES string of the molecule is O=C(Cc1ccccc1)N(CC(=O)N1CCc2sccc2C1c1ccccc1)C1CC1. The Bertz CT molecular complexity index is 1060. The largest absolute Gasteiger partial charge is 0.330 e. The number of hydrogen-bond donors (Lipinski definition) is 0. The summed E-state index contributed by atoms with van der Waals surface area (Å²) in [6, 6.07) is 22.3. The topological polar surface area (TPSA) is 40.6 Å². The van der Waals surface area contributed by atoms with E-state index in [2.05, 4.69) is 23.6 Å². The van der Waals surface area contributed by atoms with Gasteiger partial charge in [0.2, 0.25) is 11.8 Å². The molecular weight excluding hydrogens is 404 g/mol. The molecule has 158 valence electrons. The number of fused-ring (bicyclic) bond motifs is 1. The molecule has 2 heterocycles. The fourth-order valence-electron chi connectivity index (χ4n) is 4.50. The van der Waals surface area contributed by atoms with Crippen LogP contribution in [0.1, 0.15) is 40.5 Å². The molecule has 1 fully saturated rings. The second kappa shape index (κ2) is 8.67. The summed E-state index contributed by atoms with van der Waals surface area (Å²) in [4.78, 5) is 31.8. The summed E-state index contributed by atoms with van der Waals surface area (Å²) in [6.07, 6.45) is 3.21. The van der Waals surface area contributed by atoms with Crippen molar-refractivity contribution < 1.29 is 9.59 Å². The third kappa shape index (κ3) is 4.28. The number of thiophene rings is 1. The molecule has 0 N–H and O–H groups in total. The smallest absolute Gasteiger partial charge is 0.243 e. The van der Waals surface area contributed by atoms with Crippen LogP contribution in [0.25, 0.3) is 0 Å². The third-order valence-corrected chi connectivity index (χ3v) is 7.21. The highest BCUT2D eigenvalue weighted by atomic mass is 32.1. The number of hydrogen-bond acceptors (Lipinski definition) is 3. The molecule has 31 heavy (non-hydrogen) atoms. The second-order valence-electron chi connectivity index (χ2n) is 8.36. The van der Waals surface area contributed by atoms with Crippen LogP contribution in [0.15, 0.2) is 72.1 Å². The van der Waals surface area contributed by atoms with E-state index in [-0.39, 0.29) is 30.4 Å². The van der Waals surface area contributed by atoms with Crippen LogP contribution in [-0.2, 0) is 22.4 Å². The lowest BCUT2D eigenvalue weighted by atomic mass is 9.93. The van der Waals surface area contributed by atoms with E-state index in [1.807, 2.05) is 58.3 Å². The van der Waals surface area contributed by atoms with Crippen LogP contribution in [0, 0.1) is 0 Å². The van der Waals surface area contributed by atoms with Gasteiger partial charge in [-0.05, 0) is 47.4 Å². The van der Waals surface area contributed by atoms with Crippen LogP contribution in [0.3, 0.4) is 0 Å². The minimum atomic E-state index is -0.0750. The number of carbonyl (C=O) groups is 2. The van der Waals surface area contributed by atoms with Gasteiger partial charge in [-0.1, -0.05) is 60.7 Å². The van der Waals surface area contributed by atoms with E-state index < -0.39 is 0 Å². The predicted octanol–water partition coefficient (Wildman–Crippen LogP) is 4.46. The van der Waals surface area contributed by atoms with Crippen LogP contribution >= 0.6 is 11.3 Å². The van der Waals surface area contributed by atoms with E-state index in [1.165, 1.54) is 10.4 Å². The van der Waals surface area contributed by atoms with Crippen molar-refractivity contribution in [2.24, 2.45) is 0 Å². The molecule has 5 heteroatoms. The summed E-state index contributed by atoms with van der Waals surface area (Å²) in [6.45, 7) is 0.858. The summed E-state index contributed by atoms with van der Waals surface area (Å²) in [7, 11) is 0. The fourth-order valence-corrected chi connectivity index (χ4v) is 5.40. The van der Waals surface area contributed by atoms with Gasteiger partial charge in [-0.2, -0.15) is 0 Å². The van der Waals surface area contributed by atoms with Crippen LogP contribution in [0.4, 0.5) is 0 Å². The van der Waals surface area contributed by atoms with Gasteiger partial charge in [-0.15, -0.1) is 11.3 Å². The zero-order valence-electron chi connectivity index (χ0n) is 17.4. The summed E-state index contributed by atoms with van der Waals surface area (Å²) in [5, 5.41) is 2.12. The summed E-state index contributed by atoms with van der Waals surface area (Å²) in [5.41, 5.74) is 3.35. The van der Waals surface area contributed by atoms with E-state index in [1.54, 1.807) is 11.3 Å². The first-order chi connectivity index (χ1) is 15.2. The zero-order valence-corrected chi connectivity index (χ0v) is 18.3. The van der Waals surface area contributed by atoms with Gasteiger partial charge in [0, 0.05) is 17.5 Å². The molecule has 2 amide bonds. The number of carbonyl (C=O) groups excluding carboxylic acids is 2. The van der Waals surface area contributed by atoms with Gasteiger partial charge in [-0.3, -0.25) is 9.59 Å². The molecule has 2 aromatic carbocycles. The lowest BCUT2D eigenvalue weighted by Gasteiger charge is -2.37. The standard InChI is InChI=1S/C26H26N2O2S/c29-24(17-19-7-3-1-4-8-19)28(21-11-12-21)18-25(30)27-15-13-23-22(14-16-31-23)26(27)20-9-5-2-6-10-20/h1-10,14,16,21,26H,11-13,15,17-18H2. The minimum Gasteiger partial charge on any atom is -0.330 e. The Morgan fingerprint density at radius 3 is 2.39 bits per heavy atom. The van der Waals surface area contributed by atoms with Crippen molar-refractivity contribution in [2.75, 3.05) is 13.1 Å². The normalized spacial score (nSPS) is 17.8. The molecule has 1 aromatic heterocycles. The van der Waals surface area contributed by atoms with Crippen LogP contribution in [0.5, 0.6) is 0 Å². The number of nitrogens with zero attached hydrogens (tertiary/aromatic N) is 2. The van der Waals surface area contributed by atoms with E-state index >= 15 is 0 Å². The molecule has 0 spiro atoms. The highest BCUT2D eigenvalue weighted by Crippen LogP contribution is 2.38. The van der Waals surface area contributed by atoms with Crippen LogP contribution < -0.4 is 0 Å². The van der Waals surface area contributed by atoms with Crippen molar-refractivity contribution in [1.29, 1.82) is 0 Å². The van der Waals surface area contributed by atoms with E-state index in [0.29, 0.717) is 13.0 Å². The van der Waals surface area contributed by atoms with Crippen LogP contribution in [-0.4, -0.2) is 40.7 Å². The molecule has 1 atom stereocenters. The average molecular weight is 431 g/mol. The van der Waals surface area contributed by atoms with Crippen molar-refractivity contribution in [1.82, 2.24) is 9.80 Å². The van der Waals surface area contributed by atoms with E-state index in [0.717, 1.165) is 30.4 Å². The van der Waals surface area contributed by atoms with Gasteiger partial charge < -0.3 is 9.80 Å². The monoisotopic (exact) mass is 430 g/mol. The lowest BCUT2D eigenvalue weighted by Crippen LogP contribution is -2.47. The molecule has 5 rings (SSSR count). The van der Waals surface area contributed by atoms with E-state index in [9.17, 15) is 9.59 Å². The van der Waals surface area contributed by atoms with Crippen molar-refractivity contribution in [2.45, 2.75) is 37.8 Å². The van der Waals surface area contributed by atoms with Gasteiger partial charge >= 0.3 is 0 Å². The first kappa shape index (κ1) is 20.0. The lowest BCUT2D eigenvalue weighted by molar-refractivity contribution is -0.142. The molecule has 0 saturated heterocycles. The maximum Gasteiger partial charge on any atom is 0.243 e. The summed E-state index contributed by atoms with van der Waals surface area (Å²) < 4.78 is 0. The van der Waals surface area contributed by atoms with Crippen molar-refractivity contribution >= 4 is 23.2 Å². The molecule has 0 radical (unpaired) electrons. The molecular formula is C26H26N2O2S. The molecule has 2 aliphatic rings. The number of amides is 2. The van der Waals surface area contributed by atoms with Crippen molar-refractivity contribution in [3.05, 3.63) is 93.7 Å². The average Bonchev–Trinajstić information content (AvgIpc) is 3.53. The van der Waals surface area contributed by atoms with Gasteiger partial charge in [0.25, 0.3) is 0 Å². The second-order valence-corrected chi connectivity index (χ2v) is 9.37. The van der Waals surface area contributed by atoms with Gasteiger partial charge in [0.15, 0.2) is 0 Å². The Labute approximate surface area is 187 Å². The maximum atomic E-state index is 13.5. The molecule has 3 aromatic rings. The maximum absolute atomic E-state index is 13.5. The Morgan fingerprint density at radius 1 is 0.968 bits per heavy atom. The van der Waals surface area contributed by atoms with Crippen molar-refractivity contribution in [3.63, 3.8) is 0 Å². The molecule has 1 aliphatic heterocycles. The molecule has 1 aliphatic carbocycles. The summed E-state index contributed by atoms with van der Waals surface area (Å²) in [5.74, 6) is 0.0885. The Hall–Kier alpha value is -2.92. The fraction of sp³-hybridized carbons (Fsp3) is 0.308. The van der Waals surface area contributed by atoms with Crippen molar-refractivity contribution in [3.8, 4) is 0 Å². The van der Waals surface area contributed by atoms with Crippen LogP contribution in [0.2, 0.25) is 0 Å². The highest BCUT2D eigenvalue weighted by molar-refractivity contribution is 7.10. The first-order valence-corrected chi connectivity index (χ1v) is 11.8. The van der Waals surface area contributed by atoms with Gasteiger partial charge in [0.1, 0.15) is 6.54 Å². The number of rotatable bonds is 6. The predicted molar refractivity (Wildman–Crippen MR) is 123 cm³/mol. The quantitative estimate of drug-likeness (QED) is 0.579. The summed E-state index contributed by atoms with van der Waals surface area (Å²) >= 11 is 1.77. The number of benzene rings is 2. The molecule has 1 saturated carbocycles. The Kier molecular flexibility index (Phi) is 5.60. The Balaban J connectivity index is 1.37. The Morgan fingerprint density at radius 2 is 1.68 bits per heavy atom. The zero-order chi connectivity index (χ0) is 21.2. The molecule has 1 unspecified atom stereocenters.